The molecule has 0 bridgehead atoms. The van der Waals surface area contributed by atoms with Gasteiger partial charge in [0.15, 0.2) is 5.69 Å². The van der Waals surface area contributed by atoms with Gasteiger partial charge in [0, 0.05) is 6.04 Å². The summed E-state index contributed by atoms with van der Waals surface area (Å²) in [5.41, 5.74) is 7.81. The number of anilines is 1. The summed E-state index contributed by atoms with van der Waals surface area (Å²) in [6.07, 6.45) is 1.52. The van der Waals surface area contributed by atoms with Crippen LogP contribution >= 0.6 is 0 Å². The molecule has 1 aromatic rings. The van der Waals surface area contributed by atoms with Crippen LogP contribution in [-0.4, -0.2) is 15.5 Å². The minimum Gasteiger partial charge on any atom is -0.383 e. The Kier molecular flexibility index (Phi) is 2.52. The Morgan fingerprint density at radius 2 is 2.31 bits per heavy atom. The largest absolute Gasteiger partial charge is 0.383 e. The number of nitrogens with one attached hydrogen (secondary N) is 1. The molecule has 6 heteroatoms. The van der Waals surface area contributed by atoms with Gasteiger partial charge >= 0.3 is 0 Å². The first-order valence-electron chi connectivity index (χ1n) is 3.91. The first-order valence-corrected chi connectivity index (χ1v) is 3.91. The number of imidazole rings is 1. The van der Waals surface area contributed by atoms with Crippen molar-refractivity contribution in [3.63, 3.8) is 0 Å². The summed E-state index contributed by atoms with van der Waals surface area (Å²) < 4.78 is 1.70. The van der Waals surface area contributed by atoms with E-state index >= 15 is 0 Å². The van der Waals surface area contributed by atoms with Gasteiger partial charge in [-0.2, -0.15) is 0 Å². The molecular weight excluding hydrogens is 170 g/mol. The van der Waals surface area contributed by atoms with Gasteiger partial charge in [0.05, 0.1) is 6.33 Å². The van der Waals surface area contributed by atoms with Gasteiger partial charge < -0.3 is 10.3 Å². The van der Waals surface area contributed by atoms with Crippen LogP contribution in [0.25, 0.3) is 0 Å². The molecule has 0 aromatic carbocycles. The second-order valence-electron chi connectivity index (χ2n) is 2.95. The van der Waals surface area contributed by atoms with Gasteiger partial charge in [0.2, 0.25) is 0 Å². The molecule has 0 aliphatic heterocycles. The van der Waals surface area contributed by atoms with Crippen LogP contribution in [0.2, 0.25) is 0 Å². The van der Waals surface area contributed by atoms with Crippen molar-refractivity contribution in [3.05, 3.63) is 12.0 Å². The van der Waals surface area contributed by atoms with Gasteiger partial charge in [-0.25, -0.2) is 10.8 Å². The van der Waals surface area contributed by atoms with E-state index in [1.165, 1.54) is 6.33 Å². The number of carbonyl (C=O) groups excluding carboxylic acids is 1. The highest BCUT2D eigenvalue weighted by Gasteiger charge is 2.15. The number of nitrogen functional groups attached to an aromatic ring is 2. The summed E-state index contributed by atoms with van der Waals surface area (Å²) >= 11 is 0. The third kappa shape index (κ3) is 1.62. The van der Waals surface area contributed by atoms with Crippen LogP contribution in [0.1, 0.15) is 30.4 Å². The predicted octanol–water partition coefficient (Wildman–Crippen LogP) is -0.350. The maximum Gasteiger partial charge on any atom is 0.287 e. The lowest BCUT2D eigenvalue weighted by atomic mass is 10.3. The van der Waals surface area contributed by atoms with E-state index in [1.807, 2.05) is 19.3 Å². The molecule has 0 unspecified atom stereocenters. The number of rotatable bonds is 2. The maximum atomic E-state index is 11.1. The topological polar surface area (TPSA) is 99.0 Å². The zero-order chi connectivity index (χ0) is 10.0. The number of nitrogens with zero attached hydrogens (tertiary/aromatic N) is 2. The Morgan fingerprint density at radius 3 is 2.69 bits per heavy atom. The molecule has 0 fully saturated rings. The zero-order valence-corrected chi connectivity index (χ0v) is 7.61. The number of amides is 1. The lowest BCUT2D eigenvalue weighted by molar-refractivity contribution is 0.0950. The van der Waals surface area contributed by atoms with Crippen LogP contribution in [0.5, 0.6) is 0 Å². The molecule has 1 rings (SSSR count). The number of nitrogens with two attached hydrogens (primary N) is 2. The monoisotopic (exact) mass is 183 g/mol. The SMILES string of the molecule is CC(C)n1cnc(C(=O)NN)c1N. The van der Waals surface area contributed by atoms with Gasteiger partial charge in [-0.1, -0.05) is 0 Å². The standard InChI is InChI=1S/C7H13N5O/c1-4(2)12-3-10-5(6(12)8)7(13)11-9/h3-4H,8-9H2,1-2H3,(H,11,13). The van der Waals surface area contributed by atoms with Crippen molar-refractivity contribution in [1.29, 1.82) is 0 Å². The fourth-order valence-electron chi connectivity index (χ4n) is 1.03. The van der Waals surface area contributed by atoms with Crippen molar-refractivity contribution >= 4 is 11.7 Å². The molecule has 0 radical (unpaired) electrons. The molecule has 0 aliphatic carbocycles. The van der Waals surface area contributed by atoms with Gasteiger partial charge in [0.25, 0.3) is 5.91 Å². The summed E-state index contributed by atoms with van der Waals surface area (Å²) in [6.45, 7) is 3.89. The molecule has 0 saturated carbocycles. The molecule has 1 aromatic heterocycles. The Hall–Kier alpha value is -1.56. The van der Waals surface area contributed by atoms with Crippen LogP contribution in [0.3, 0.4) is 0 Å². The molecule has 0 atom stereocenters. The highest BCUT2D eigenvalue weighted by Crippen LogP contribution is 2.15. The second-order valence-corrected chi connectivity index (χ2v) is 2.95. The molecule has 6 nitrogen and oxygen atoms in total. The number of aromatic nitrogens is 2. The maximum absolute atomic E-state index is 11.1. The molecule has 0 spiro atoms. The van der Waals surface area contributed by atoms with E-state index in [2.05, 4.69) is 4.98 Å². The van der Waals surface area contributed by atoms with Crippen molar-refractivity contribution in [2.75, 3.05) is 5.73 Å². The van der Waals surface area contributed by atoms with E-state index in [0.29, 0.717) is 5.82 Å². The fourth-order valence-corrected chi connectivity index (χ4v) is 1.03. The van der Waals surface area contributed by atoms with Crippen LogP contribution in [0.15, 0.2) is 6.33 Å². The van der Waals surface area contributed by atoms with E-state index in [0.717, 1.165) is 0 Å². The quantitative estimate of drug-likeness (QED) is 0.331. The summed E-state index contributed by atoms with van der Waals surface area (Å²) in [7, 11) is 0. The van der Waals surface area contributed by atoms with Gasteiger partial charge in [0.1, 0.15) is 5.82 Å². The van der Waals surface area contributed by atoms with Gasteiger partial charge in [-0.15, -0.1) is 0 Å². The molecular formula is C7H13N5O. The first-order chi connectivity index (χ1) is 6.07. The van der Waals surface area contributed by atoms with E-state index in [-0.39, 0.29) is 11.7 Å². The molecule has 0 saturated heterocycles. The number of hydrogen-bond acceptors (Lipinski definition) is 4. The number of carbonyl (C=O) groups is 1. The molecule has 0 aliphatic rings. The summed E-state index contributed by atoms with van der Waals surface area (Å²) in [6, 6.07) is 0.173. The van der Waals surface area contributed by atoms with E-state index in [9.17, 15) is 4.79 Å². The molecule has 5 N–H and O–H groups in total. The molecule has 1 amide bonds. The van der Waals surface area contributed by atoms with Gasteiger partial charge in [-0.05, 0) is 13.8 Å². The first kappa shape index (κ1) is 9.53. The lowest BCUT2D eigenvalue weighted by Crippen LogP contribution is -2.31. The predicted molar refractivity (Wildman–Crippen MR) is 48.7 cm³/mol. The Bertz CT molecular complexity index is 317. The summed E-state index contributed by atoms with van der Waals surface area (Å²) in [5.74, 6) is 4.81. The van der Waals surface area contributed by atoms with E-state index < -0.39 is 5.91 Å². The van der Waals surface area contributed by atoms with Crippen molar-refractivity contribution in [2.45, 2.75) is 19.9 Å². The Labute approximate surface area is 75.9 Å². The number of hydrogen-bond donors (Lipinski definition) is 3. The zero-order valence-electron chi connectivity index (χ0n) is 7.61. The second kappa shape index (κ2) is 3.44. The average Bonchev–Trinajstić information content (AvgIpc) is 2.46. The van der Waals surface area contributed by atoms with Gasteiger partial charge in [-0.3, -0.25) is 10.2 Å². The van der Waals surface area contributed by atoms with Crippen molar-refractivity contribution < 1.29 is 4.79 Å². The van der Waals surface area contributed by atoms with Crippen molar-refractivity contribution in [1.82, 2.24) is 15.0 Å². The van der Waals surface area contributed by atoms with Crippen LogP contribution in [-0.2, 0) is 0 Å². The Morgan fingerprint density at radius 1 is 1.69 bits per heavy atom. The van der Waals surface area contributed by atoms with E-state index in [4.69, 9.17) is 11.6 Å². The lowest BCUT2D eigenvalue weighted by Gasteiger charge is -2.08. The molecule has 72 valence electrons. The fraction of sp³-hybridized carbons (Fsp3) is 0.429. The van der Waals surface area contributed by atoms with Crippen LogP contribution in [0, 0.1) is 0 Å². The Balaban J connectivity index is 3.06. The summed E-state index contributed by atoms with van der Waals surface area (Å²) in [4.78, 5) is 14.9. The normalized spacial score (nSPS) is 10.5. The van der Waals surface area contributed by atoms with Crippen LogP contribution < -0.4 is 17.0 Å². The smallest absolute Gasteiger partial charge is 0.287 e. The third-order valence-electron chi connectivity index (χ3n) is 1.73. The minimum atomic E-state index is -0.475. The van der Waals surface area contributed by atoms with Crippen molar-refractivity contribution in [2.24, 2.45) is 5.84 Å². The van der Waals surface area contributed by atoms with Crippen molar-refractivity contribution in [3.8, 4) is 0 Å². The van der Waals surface area contributed by atoms with Crippen LogP contribution in [0.4, 0.5) is 5.82 Å². The average molecular weight is 183 g/mol. The molecule has 13 heavy (non-hydrogen) atoms. The molecule has 1 heterocycles. The third-order valence-corrected chi connectivity index (χ3v) is 1.73. The highest BCUT2D eigenvalue weighted by atomic mass is 16.2. The summed E-state index contributed by atoms with van der Waals surface area (Å²) in [5, 5.41) is 0. The minimum absolute atomic E-state index is 0.163. The highest BCUT2D eigenvalue weighted by molar-refractivity contribution is 5.96. The van der Waals surface area contributed by atoms with E-state index in [1.54, 1.807) is 4.57 Å². The number of hydrazine groups is 1.